The second-order valence-corrected chi connectivity index (χ2v) is 14.9. The summed E-state index contributed by atoms with van der Waals surface area (Å²) in [7, 11) is 0. The Morgan fingerprint density at radius 2 is 1.53 bits per heavy atom. The van der Waals surface area contributed by atoms with Crippen molar-refractivity contribution in [1.29, 1.82) is 0 Å². The third-order valence-electron chi connectivity index (χ3n) is 12.3. The van der Waals surface area contributed by atoms with Gasteiger partial charge in [0.25, 0.3) is 0 Å². The Hall–Kier alpha value is -3.06. The first-order valence-corrected chi connectivity index (χ1v) is 17.7. The lowest BCUT2D eigenvalue weighted by Crippen LogP contribution is -2.50. The van der Waals surface area contributed by atoms with E-state index in [1.807, 2.05) is 6.07 Å². The predicted octanol–water partition coefficient (Wildman–Crippen LogP) is 6.36. The second-order valence-electron chi connectivity index (χ2n) is 14.9. The van der Waals surface area contributed by atoms with Crippen LogP contribution in [0.1, 0.15) is 51.6 Å². The Morgan fingerprint density at radius 1 is 0.822 bits per heavy atom. The van der Waals surface area contributed by atoms with Gasteiger partial charge in [0.15, 0.2) is 0 Å². The molecule has 6 heteroatoms. The Morgan fingerprint density at radius 3 is 2.22 bits per heavy atom. The van der Waals surface area contributed by atoms with E-state index in [4.69, 9.17) is 9.47 Å². The molecular formula is C39H50N4O2. The average Bonchev–Trinajstić information content (AvgIpc) is 3.89. The summed E-state index contributed by atoms with van der Waals surface area (Å²) in [5, 5.41) is 3.54. The Bertz CT molecular complexity index is 1520. The van der Waals surface area contributed by atoms with E-state index in [0.717, 1.165) is 43.8 Å². The number of piperidine rings is 2. The van der Waals surface area contributed by atoms with Gasteiger partial charge in [0.05, 0.1) is 24.4 Å². The summed E-state index contributed by atoms with van der Waals surface area (Å²) in [6.07, 6.45) is 7.51. The highest BCUT2D eigenvalue weighted by Gasteiger charge is 2.60. The number of hydrogen-bond acceptors (Lipinski definition) is 6. The summed E-state index contributed by atoms with van der Waals surface area (Å²) >= 11 is 0. The fraction of sp³-hybridized carbons (Fsp3) is 0.538. The molecule has 10 rings (SSSR count). The van der Waals surface area contributed by atoms with Crippen LogP contribution in [0.2, 0.25) is 0 Å². The van der Waals surface area contributed by atoms with Crippen LogP contribution in [0.3, 0.4) is 0 Å². The van der Waals surface area contributed by atoms with Gasteiger partial charge >= 0.3 is 0 Å². The zero-order valence-electron chi connectivity index (χ0n) is 26.8. The van der Waals surface area contributed by atoms with Crippen molar-refractivity contribution < 1.29 is 10.9 Å². The Labute approximate surface area is 270 Å². The molecule has 0 spiro atoms. The lowest BCUT2D eigenvalue weighted by atomic mass is 9.94. The van der Waals surface area contributed by atoms with Crippen LogP contribution in [0.5, 0.6) is 5.75 Å². The van der Waals surface area contributed by atoms with Gasteiger partial charge in [0.2, 0.25) is 0 Å². The van der Waals surface area contributed by atoms with Crippen molar-refractivity contribution in [3.63, 3.8) is 0 Å². The summed E-state index contributed by atoms with van der Waals surface area (Å²) in [6.45, 7) is 12.2. The van der Waals surface area contributed by atoms with Gasteiger partial charge in [-0.1, -0.05) is 43.3 Å². The molecule has 6 atom stereocenters. The number of hydrogen-bond donors (Lipinski definition) is 1. The van der Waals surface area contributed by atoms with Gasteiger partial charge in [0.1, 0.15) is 12.4 Å². The first-order valence-electron chi connectivity index (χ1n) is 17.7. The summed E-state index contributed by atoms with van der Waals surface area (Å²) in [5.74, 6) is 2.77. The smallest absolute Gasteiger partial charge is 0.143 e. The minimum Gasteiger partial charge on any atom is -0.490 e. The number of nitrogens with one attached hydrogen (secondary N) is 1. The number of anilines is 3. The number of morpholine rings is 1. The number of benzene rings is 3. The molecule has 4 saturated heterocycles. The zero-order chi connectivity index (χ0) is 30.0. The van der Waals surface area contributed by atoms with E-state index in [1.165, 1.54) is 87.5 Å². The molecule has 45 heavy (non-hydrogen) atoms. The molecule has 2 aliphatic carbocycles. The first-order chi connectivity index (χ1) is 22.1. The van der Waals surface area contributed by atoms with Crippen LogP contribution in [-0.2, 0) is 15.6 Å². The van der Waals surface area contributed by atoms with Crippen molar-refractivity contribution in [3.05, 3.63) is 83.9 Å². The van der Waals surface area contributed by atoms with Gasteiger partial charge in [-0.25, -0.2) is 0 Å². The fourth-order valence-electron chi connectivity index (χ4n) is 9.51. The van der Waals surface area contributed by atoms with Gasteiger partial charge in [-0.15, -0.1) is 0 Å². The van der Waals surface area contributed by atoms with Gasteiger partial charge in [0, 0.05) is 56.4 Å². The standard InChI is InChI=1S/C21H24N2O.C18H24N2O.H2/c1-2-22-14-17-13-21(17,15-22)16-7-9-18(10-8-16)23-11-12-24-20-6-4-3-5-19(20)23;1-2-16-10-20(11-17(3-1)21-16)15-6-4-13(5-7-15)18-8-14(18)9-19-12-18;/h3-10,17H,2,11-15H2,1H3;4-7,14,16-17,19H,1-3,8-12H2;1H. The molecule has 0 radical (unpaired) electrons. The molecule has 5 heterocycles. The van der Waals surface area contributed by atoms with Crippen molar-refractivity contribution in [2.45, 2.75) is 62.1 Å². The topological polar surface area (TPSA) is 40.2 Å². The van der Waals surface area contributed by atoms with Crippen LogP contribution in [0, 0.1) is 11.8 Å². The third-order valence-corrected chi connectivity index (χ3v) is 12.3. The van der Waals surface area contributed by atoms with Crippen LogP contribution < -0.4 is 19.9 Å². The molecule has 2 saturated carbocycles. The number of likely N-dealkylation sites (tertiary alicyclic amines) is 1. The molecule has 6 unspecified atom stereocenters. The molecule has 5 aliphatic heterocycles. The zero-order valence-corrected chi connectivity index (χ0v) is 26.8. The van der Waals surface area contributed by atoms with E-state index < -0.39 is 0 Å². The lowest BCUT2D eigenvalue weighted by Gasteiger charge is -2.42. The molecule has 238 valence electrons. The SMILES string of the molecule is CCN1CC2CC2(c2ccc(N3CCOc4ccccc43)cc2)C1.[HH].c1cc(C23CNCC2C3)ccc1N1CC2CCCC(C1)O2. The summed E-state index contributed by atoms with van der Waals surface area (Å²) in [4.78, 5) is 7.51. The van der Waals surface area contributed by atoms with Crippen LogP contribution in [0.4, 0.5) is 17.1 Å². The highest BCUT2D eigenvalue weighted by Crippen LogP contribution is 2.59. The predicted molar refractivity (Wildman–Crippen MR) is 183 cm³/mol. The molecule has 6 fully saturated rings. The molecule has 6 nitrogen and oxygen atoms in total. The Kier molecular flexibility index (Phi) is 6.91. The van der Waals surface area contributed by atoms with Crippen molar-refractivity contribution in [3.8, 4) is 5.75 Å². The average molecular weight is 607 g/mol. The van der Waals surface area contributed by atoms with Crippen LogP contribution in [-0.4, -0.2) is 76.1 Å². The van der Waals surface area contributed by atoms with Crippen LogP contribution in [0.15, 0.2) is 72.8 Å². The van der Waals surface area contributed by atoms with E-state index in [-0.39, 0.29) is 1.43 Å². The fourth-order valence-corrected chi connectivity index (χ4v) is 9.51. The number of likely N-dealkylation sites (N-methyl/N-ethyl adjacent to an activating group) is 1. The highest BCUT2D eigenvalue weighted by molar-refractivity contribution is 5.70. The molecule has 3 aromatic carbocycles. The molecule has 1 N–H and O–H groups in total. The highest BCUT2D eigenvalue weighted by atomic mass is 16.5. The lowest BCUT2D eigenvalue weighted by molar-refractivity contribution is -0.0605. The second kappa shape index (κ2) is 11.0. The summed E-state index contributed by atoms with van der Waals surface area (Å²) in [6, 6.07) is 27.1. The molecular weight excluding hydrogens is 556 g/mol. The van der Waals surface area contributed by atoms with E-state index >= 15 is 0 Å². The van der Waals surface area contributed by atoms with Gasteiger partial charge in [-0.2, -0.15) is 0 Å². The molecule has 3 aromatic rings. The molecule has 7 aliphatic rings. The van der Waals surface area contributed by atoms with E-state index in [0.29, 0.717) is 23.0 Å². The normalized spacial score (nSPS) is 34.2. The van der Waals surface area contributed by atoms with Crippen molar-refractivity contribution in [1.82, 2.24) is 10.2 Å². The number of rotatable bonds is 5. The summed E-state index contributed by atoms with van der Waals surface area (Å²) < 4.78 is 11.8. The van der Waals surface area contributed by atoms with E-state index in [2.05, 4.69) is 93.7 Å². The Balaban J connectivity index is 0.000000134. The third kappa shape index (κ3) is 4.95. The monoisotopic (exact) mass is 606 g/mol. The van der Waals surface area contributed by atoms with E-state index in [9.17, 15) is 0 Å². The first kappa shape index (κ1) is 28.2. The summed E-state index contributed by atoms with van der Waals surface area (Å²) in [5.41, 5.74) is 7.87. The largest absolute Gasteiger partial charge is 0.490 e. The molecule has 0 amide bonds. The van der Waals surface area contributed by atoms with Crippen molar-refractivity contribution in [2.75, 3.05) is 68.8 Å². The number of fused-ring (bicyclic) bond motifs is 5. The minimum atomic E-state index is 0. The van der Waals surface area contributed by atoms with Crippen LogP contribution >= 0.6 is 0 Å². The van der Waals surface area contributed by atoms with Gasteiger partial charge < -0.3 is 29.5 Å². The number of nitrogens with zero attached hydrogens (tertiary/aromatic N) is 3. The quantitative estimate of drug-likeness (QED) is 0.365. The van der Waals surface area contributed by atoms with Crippen molar-refractivity contribution in [2.24, 2.45) is 11.8 Å². The maximum Gasteiger partial charge on any atom is 0.143 e. The maximum atomic E-state index is 6.05. The maximum absolute atomic E-state index is 6.05. The molecule has 0 aromatic heterocycles. The number of ether oxygens (including phenoxy) is 2. The minimum absolute atomic E-state index is 0. The molecule has 2 bridgehead atoms. The van der Waals surface area contributed by atoms with Gasteiger partial charge in [-0.05, 0) is 105 Å². The van der Waals surface area contributed by atoms with Crippen molar-refractivity contribution >= 4 is 17.1 Å². The number of para-hydroxylation sites is 2. The van der Waals surface area contributed by atoms with E-state index in [1.54, 1.807) is 5.56 Å². The van der Waals surface area contributed by atoms with Crippen LogP contribution in [0.25, 0.3) is 0 Å². The van der Waals surface area contributed by atoms with Gasteiger partial charge in [-0.3, -0.25) is 0 Å².